The van der Waals surface area contributed by atoms with Crippen LogP contribution in [0.5, 0.6) is 0 Å². The second kappa shape index (κ2) is 11.4. The van der Waals surface area contributed by atoms with Gasteiger partial charge in [0.2, 0.25) is 0 Å². The van der Waals surface area contributed by atoms with Gasteiger partial charge in [0, 0.05) is 38.2 Å². The van der Waals surface area contributed by atoms with Crippen LogP contribution in [0.2, 0.25) is 0 Å². The van der Waals surface area contributed by atoms with Crippen LogP contribution in [-0.2, 0) is 0 Å². The van der Waals surface area contributed by atoms with Gasteiger partial charge in [0.25, 0.3) is 0 Å². The standard InChI is InChI=1S/C45H27N3O2/c1-3-12-28(13-4-1)32-26-36(42-35-17-8-10-20-38(35)50-40(42)27-32)45-47-43(30-14-5-2-6-15-30)46-44(48-45)31-24-22-29(23-25-31)33-18-11-21-39-41(33)34-16-7-9-19-37(34)49-39/h1-27H. The zero-order valence-corrected chi connectivity index (χ0v) is 26.7. The van der Waals surface area contributed by atoms with Gasteiger partial charge in [0.15, 0.2) is 17.5 Å². The third-order valence-electron chi connectivity index (χ3n) is 9.35. The molecule has 0 N–H and O–H groups in total. The van der Waals surface area contributed by atoms with Crippen molar-refractivity contribution in [3.05, 3.63) is 164 Å². The van der Waals surface area contributed by atoms with Crippen LogP contribution in [0.25, 0.3) is 100 Å². The number of fused-ring (bicyclic) bond motifs is 6. The molecule has 50 heavy (non-hydrogen) atoms. The van der Waals surface area contributed by atoms with Crippen molar-refractivity contribution in [2.45, 2.75) is 0 Å². The van der Waals surface area contributed by atoms with E-state index in [9.17, 15) is 0 Å². The Kier molecular flexibility index (Phi) is 6.42. The largest absolute Gasteiger partial charge is 0.456 e. The first-order valence-corrected chi connectivity index (χ1v) is 16.6. The van der Waals surface area contributed by atoms with Crippen LogP contribution < -0.4 is 0 Å². The summed E-state index contributed by atoms with van der Waals surface area (Å²) in [5.74, 6) is 1.79. The number of furan rings is 2. The highest BCUT2D eigenvalue weighted by atomic mass is 16.3. The van der Waals surface area contributed by atoms with E-state index in [-0.39, 0.29) is 0 Å². The number of nitrogens with zero attached hydrogens (tertiary/aromatic N) is 3. The van der Waals surface area contributed by atoms with Crippen molar-refractivity contribution in [2.24, 2.45) is 0 Å². The molecule has 0 amide bonds. The van der Waals surface area contributed by atoms with Crippen LogP contribution >= 0.6 is 0 Å². The van der Waals surface area contributed by atoms with Gasteiger partial charge in [-0.15, -0.1) is 0 Å². The molecule has 10 aromatic rings. The Balaban J connectivity index is 1.17. The Morgan fingerprint density at radius 1 is 0.300 bits per heavy atom. The number of benzene rings is 7. The van der Waals surface area contributed by atoms with Gasteiger partial charge >= 0.3 is 0 Å². The van der Waals surface area contributed by atoms with E-state index in [0.29, 0.717) is 17.5 Å². The predicted molar refractivity (Wildman–Crippen MR) is 202 cm³/mol. The lowest BCUT2D eigenvalue weighted by atomic mass is 9.98. The molecule has 5 nitrogen and oxygen atoms in total. The summed E-state index contributed by atoms with van der Waals surface area (Å²) in [6, 6.07) is 55.7. The number of hydrogen-bond acceptors (Lipinski definition) is 5. The fraction of sp³-hybridized carbons (Fsp3) is 0. The van der Waals surface area contributed by atoms with Crippen molar-refractivity contribution >= 4 is 43.9 Å². The van der Waals surface area contributed by atoms with E-state index < -0.39 is 0 Å². The lowest BCUT2D eigenvalue weighted by Crippen LogP contribution is -2.00. The van der Waals surface area contributed by atoms with E-state index in [1.54, 1.807) is 0 Å². The molecule has 7 aromatic carbocycles. The van der Waals surface area contributed by atoms with E-state index in [2.05, 4.69) is 72.8 Å². The van der Waals surface area contributed by atoms with Crippen molar-refractivity contribution < 1.29 is 8.83 Å². The first-order valence-electron chi connectivity index (χ1n) is 16.6. The highest BCUT2D eigenvalue weighted by molar-refractivity contribution is 6.14. The highest BCUT2D eigenvalue weighted by Gasteiger charge is 2.20. The number of para-hydroxylation sites is 2. The van der Waals surface area contributed by atoms with E-state index in [1.807, 2.05) is 91.0 Å². The molecule has 3 heterocycles. The van der Waals surface area contributed by atoms with E-state index in [1.165, 1.54) is 0 Å². The summed E-state index contributed by atoms with van der Waals surface area (Å²) < 4.78 is 12.6. The van der Waals surface area contributed by atoms with Crippen LogP contribution in [0.4, 0.5) is 0 Å². The van der Waals surface area contributed by atoms with Gasteiger partial charge in [-0.25, -0.2) is 15.0 Å². The summed E-state index contributed by atoms with van der Waals surface area (Å²) in [6.45, 7) is 0. The molecule has 3 aromatic heterocycles. The number of hydrogen-bond donors (Lipinski definition) is 0. The third kappa shape index (κ3) is 4.67. The summed E-state index contributed by atoms with van der Waals surface area (Å²) in [4.78, 5) is 15.3. The molecule has 0 bridgehead atoms. The first-order chi connectivity index (χ1) is 24.8. The van der Waals surface area contributed by atoms with Crippen molar-refractivity contribution in [3.8, 4) is 56.4 Å². The monoisotopic (exact) mass is 641 g/mol. The van der Waals surface area contributed by atoms with Crippen LogP contribution in [0, 0.1) is 0 Å². The molecule has 10 rings (SSSR count). The molecule has 234 valence electrons. The summed E-state index contributed by atoms with van der Waals surface area (Å²) in [5, 5.41) is 4.21. The van der Waals surface area contributed by atoms with Crippen LogP contribution in [0.15, 0.2) is 173 Å². The molecule has 0 unspecified atom stereocenters. The summed E-state index contributed by atoms with van der Waals surface area (Å²) >= 11 is 0. The van der Waals surface area contributed by atoms with Crippen LogP contribution in [-0.4, -0.2) is 15.0 Å². The van der Waals surface area contributed by atoms with Gasteiger partial charge in [-0.2, -0.15) is 0 Å². The SMILES string of the molecule is c1ccc(-c2cc(-c3nc(-c4ccccc4)nc(-c4ccc(-c5cccc6oc7ccccc7c56)cc4)n3)c3c(c2)oc2ccccc23)cc1. The summed E-state index contributed by atoms with van der Waals surface area (Å²) in [5.41, 5.74) is 10.4. The maximum Gasteiger partial charge on any atom is 0.164 e. The molecule has 0 saturated carbocycles. The van der Waals surface area contributed by atoms with E-state index in [0.717, 1.165) is 82.8 Å². The minimum atomic E-state index is 0.585. The number of rotatable bonds is 5. The fourth-order valence-corrected chi connectivity index (χ4v) is 6.98. The topological polar surface area (TPSA) is 65.0 Å². The fourth-order valence-electron chi connectivity index (χ4n) is 6.98. The molecule has 0 atom stereocenters. The van der Waals surface area contributed by atoms with Gasteiger partial charge in [0.05, 0.1) is 0 Å². The lowest BCUT2D eigenvalue weighted by molar-refractivity contribution is 0.668. The van der Waals surface area contributed by atoms with Crippen molar-refractivity contribution in [2.75, 3.05) is 0 Å². The van der Waals surface area contributed by atoms with Crippen molar-refractivity contribution in [1.29, 1.82) is 0 Å². The molecule has 0 spiro atoms. The highest BCUT2D eigenvalue weighted by Crippen LogP contribution is 2.41. The van der Waals surface area contributed by atoms with Gasteiger partial charge in [-0.1, -0.05) is 133 Å². The molecule has 0 saturated heterocycles. The molecular formula is C45H27N3O2. The Hall–Kier alpha value is -6.85. The second-order valence-electron chi connectivity index (χ2n) is 12.4. The summed E-state index contributed by atoms with van der Waals surface area (Å²) in [6.07, 6.45) is 0. The quantitative estimate of drug-likeness (QED) is 0.187. The Bertz CT molecular complexity index is 2850. The number of aromatic nitrogens is 3. The minimum absolute atomic E-state index is 0.585. The average molecular weight is 642 g/mol. The zero-order valence-electron chi connectivity index (χ0n) is 26.7. The molecule has 0 aliphatic heterocycles. The maximum atomic E-state index is 6.44. The second-order valence-corrected chi connectivity index (χ2v) is 12.4. The molecule has 0 aliphatic rings. The zero-order chi connectivity index (χ0) is 33.0. The molecule has 0 aliphatic carbocycles. The van der Waals surface area contributed by atoms with Crippen molar-refractivity contribution in [3.63, 3.8) is 0 Å². The van der Waals surface area contributed by atoms with E-state index >= 15 is 0 Å². The molecule has 0 radical (unpaired) electrons. The van der Waals surface area contributed by atoms with Gasteiger partial charge in [-0.3, -0.25) is 0 Å². The molecular weight excluding hydrogens is 615 g/mol. The normalized spacial score (nSPS) is 11.6. The Morgan fingerprint density at radius 2 is 0.800 bits per heavy atom. The van der Waals surface area contributed by atoms with E-state index in [4.69, 9.17) is 23.8 Å². The Labute approximate surface area is 287 Å². The predicted octanol–water partition coefficient (Wildman–Crippen LogP) is 12.0. The molecule has 0 fully saturated rings. The minimum Gasteiger partial charge on any atom is -0.456 e. The van der Waals surface area contributed by atoms with Crippen LogP contribution in [0.3, 0.4) is 0 Å². The molecule has 5 heteroatoms. The maximum absolute atomic E-state index is 6.44. The van der Waals surface area contributed by atoms with Gasteiger partial charge in [0.1, 0.15) is 22.3 Å². The third-order valence-corrected chi connectivity index (χ3v) is 9.35. The van der Waals surface area contributed by atoms with Gasteiger partial charge in [-0.05, 0) is 52.6 Å². The Morgan fingerprint density at radius 3 is 1.48 bits per heavy atom. The first kappa shape index (κ1) is 28.2. The van der Waals surface area contributed by atoms with Crippen LogP contribution in [0.1, 0.15) is 0 Å². The average Bonchev–Trinajstić information content (AvgIpc) is 3.77. The lowest BCUT2D eigenvalue weighted by Gasteiger charge is -2.11. The van der Waals surface area contributed by atoms with Crippen molar-refractivity contribution in [1.82, 2.24) is 15.0 Å². The summed E-state index contributed by atoms with van der Waals surface area (Å²) in [7, 11) is 0. The van der Waals surface area contributed by atoms with Gasteiger partial charge < -0.3 is 8.83 Å². The smallest absolute Gasteiger partial charge is 0.164 e.